The molecule has 0 radical (unpaired) electrons. The summed E-state index contributed by atoms with van der Waals surface area (Å²) in [5, 5.41) is 11.4. The van der Waals surface area contributed by atoms with E-state index in [0.29, 0.717) is 5.69 Å². The number of para-hydroxylation sites is 2. The van der Waals surface area contributed by atoms with Gasteiger partial charge in [-0.3, -0.25) is 9.52 Å². The number of carbonyl (C=O) groups excluding carboxylic acids is 1. The van der Waals surface area contributed by atoms with Crippen LogP contribution in [0.25, 0.3) is 0 Å². The second-order valence-electron chi connectivity index (χ2n) is 4.51. The molecule has 0 bridgehead atoms. The van der Waals surface area contributed by atoms with E-state index >= 15 is 0 Å². The van der Waals surface area contributed by atoms with Gasteiger partial charge in [0.15, 0.2) is 0 Å². The minimum absolute atomic E-state index is 0.171. The van der Waals surface area contributed by atoms with Gasteiger partial charge in [-0.15, -0.1) is 0 Å². The van der Waals surface area contributed by atoms with Crippen molar-refractivity contribution in [3.63, 3.8) is 0 Å². The Hall–Kier alpha value is -2.38. The van der Waals surface area contributed by atoms with Crippen LogP contribution in [0.15, 0.2) is 54.6 Å². The zero-order chi connectivity index (χ0) is 16.0. The highest BCUT2D eigenvalue weighted by Crippen LogP contribution is 2.18. The first kappa shape index (κ1) is 16.0. The maximum absolute atomic E-state index is 12.3. The fraction of sp³-hybridized carbons (Fsp3) is 0.133. The van der Waals surface area contributed by atoms with E-state index in [4.69, 9.17) is 5.11 Å². The predicted molar refractivity (Wildman–Crippen MR) is 85.3 cm³/mol. The summed E-state index contributed by atoms with van der Waals surface area (Å²) < 4.78 is 25.8. The van der Waals surface area contributed by atoms with Crippen molar-refractivity contribution in [3.8, 4) is 0 Å². The zero-order valence-electron chi connectivity index (χ0n) is 11.7. The van der Waals surface area contributed by atoms with Gasteiger partial charge >= 0.3 is 0 Å². The molecular weight excluding hydrogens is 304 g/mol. The first-order valence-corrected chi connectivity index (χ1v) is 8.24. The molecule has 0 unspecified atom stereocenters. The van der Waals surface area contributed by atoms with Crippen molar-refractivity contribution in [1.29, 1.82) is 0 Å². The predicted octanol–water partition coefficient (Wildman–Crippen LogP) is 1.67. The van der Waals surface area contributed by atoms with Crippen LogP contribution in [0.2, 0.25) is 0 Å². The lowest BCUT2D eigenvalue weighted by Crippen LogP contribution is -2.21. The number of sulfonamides is 1. The van der Waals surface area contributed by atoms with Gasteiger partial charge in [0.25, 0.3) is 5.91 Å². The number of aliphatic hydroxyl groups is 1. The molecule has 0 aromatic heterocycles. The molecular formula is C15H16N2O4S. The van der Waals surface area contributed by atoms with Crippen molar-refractivity contribution < 1.29 is 18.3 Å². The molecule has 7 heteroatoms. The molecule has 116 valence electrons. The zero-order valence-corrected chi connectivity index (χ0v) is 12.5. The number of benzene rings is 2. The molecule has 0 atom stereocenters. The topological polar surface area (TPSA) is 95.5 Å². The second-order valence-corrected chi connectivity index (χ2v) is 6.35. The summed E-state index contributed by atoms with van der Waals surface area (Å²) in [5.74, 6) is -0.852. The molecule has 2 aromatic rings. The third kappa shape index (κ3) is 4.31. The number of rotatable bonds is 6. The molecule has 0 fully saturated rings. The normalized spacial score (nSPS) is 11.0. The fourth-order valence-electron chi connectivity index (χ4n) is 1.83. The van der Waals surface area contributed by atoms with Crippen molar-refractivity contribution in [2.75, 3.05) is 22.4 Å². The molecule has 22 heavy (non-hydrogen) atoms. The lowest BCUT2D eigenvalue weighted by Gasteiger charge is -2.12. The first-order valence-electron chi connectivity index (χ1n) is 6.58. The van der Waals surface area contributed by atoms with Crippen LogP contribution in [0, 0.1) is 0 Å². The summed E-state index contributed by atoms with van der Waals surface area (Å²) in [7, 11) is -3.69. The molecule has 3 N–H and O–H groups in total. The molecule has 2 rings (SSSR count). The Kier molecular flexibility index (Phi) is 5.13. The van der Waals surface area contributed by atoms with Gasteiger partial charge in [-0.2, -0.15) is 0 Å². The average molecular weight is 320 g/mol. The van der Waals surface area contributed by atoms with E-state index in [0.717, 1.165) is 0 Å². The highest BCUT2D eigenvalue weighted by molar-refractivity contribution is 7.92. The Morgan fingerprint density at radius 1 is 1.00 bits per heavy atom. The van der Waals surface area contributed by atoms with E-state index in [1.54, 1.807) is 36.4 Å². The van der Waals surface area contributed by atoms with Gasteiger partial charge in [0, 0.05) is 5.69 Å². The first-order chi connectivity index (χ1) is 10.5. The van der Waals surface area contributed by atoms with Crippen LogP contribution < -0.4 is 10.0 Å². The van der Waals surface area contributed by atoms with E-state index in [1.165, 1.54) is 12.1 Å². The standard InChI is InChI=1S/C15H16N2O4S/c18-10-11-22(20,21)17-14-9-5-4-8-13(14)15(19)16-12-6-2-1-3-7-12/h1-9,17-18H,10-11H2,(H,16,19). The number of amides is 1. The summed E-state index contributed by atoms with van der Waals surface area (Å²) >= 11 is 0. The van der Waals surface area contributed by atoms with E-state index in [-0.39, 0.29) is 11.3 Å². The molecule has 0 aliphatic rings. The van der Waals surface area contributed by atoms with Gasteiger partial charge in [0.2, 0.25) is 10.0 Å². The number of anilines is 2. The van der Waals surface area contributed by atoms with Gasteiger partial charge in [-0.1, -0.05) is 30.3 Å². The van der Waals surface area contributed by atoms with E-state index in [9.17, 15) is 13.2 Å². The summed E-state index contributed by atoms with van der Waals surface area (Å²) in [6, 6.07) is 15.1. The van der Waals surface area contributed by atoms with Crippen molar-refractivity contribution in [1.82, 2.24) is 0 Å². The SMILES string of the molecule is O=C(Nc1ccccc1)c1ccccc1NS(=O)(=O)CCO. The van der Waals surface area contributed by atoms with Crippen molar-refractivity contribution in [3.05, 3.63) is 60.2 Å². The number of hydrogen-bond donors (Lipinski definition) is 3. The van der Waals surface area contributed by atoms with Crippen LogP contribution in [0.4, 0.5) is 11.4 Å². The number of aliphatic hydroxyl groups excluding tert-OH is 1. The molecule has 6 nitrogen and oxygen atoms in total. The maximum Gasteiger partial charge on any atom is 0.257 e. The van der Waals surface area contributed by atoms with E-state index in [2.05, 4.69) is 10.0 Å². The highest BCUT2D eigenvalue weighted by atomic mass is 32.2. The minimum atomic E-state index is -3.69. The Bertz CT molecular complexity index is 745. The van der Waals surface area contributed by atoms with E-state index < -0.39 is 28.3 Å². The van der Waals surface area contributed by atoms with Gasteiger partial charge < -0.3 is 10.4 Å². The van der Waals surface area contributed by atoms with Crippen LogP contribution in [0.3, 0.4) is 0 Å². The Balaban J connectivity index is 2.23. The average Bonchev–Trinajstić information content (AvgIpc) is 2.48. The number of nitrogens with one attached hydrogen (secondary N) is 2. The van der Waals surface area contributed by atoms with Gasteiger partial charge in [0.05, 0.1) is 23.6 Å². The summed E-state index contributed by atoms with van der Waals surface area (Å²) in [6.45, 7) is -0.492. The Labute approximate surface area is 128 Å². The monoisotopic (exact) mass is 320 g/mol. The summed E-state index contributed by atoms with van der Waals surface area (Å²) in [6.07, 6.45) is 0. The molecule has 0 saturated heterocycles. The number of hydrogen-bond acceptors (Lipinski definition) is 4. The third-order valence-corrected chi connectivity index (χ3v) is 4.08. The van der Waals surface area contributed by atoms with Crippen molar-refractivity contribution >= 4 is 27.3 Å². The number of carbonyl (C=O) groups is 1. The van der Waals surface area contributed by atoms with Crippen molar-refractivity contribution in [2.45, 2.75) is 0 Å². The maximum atomic E-state index is 12.3. The minimum Gasteiger partial charge on any atom is -0.395 e. The third-order valence-electron chi connectivity index (χ3n) is 2.83. The van der Waals surface area contributed by atoms with Gasteiger partial charge in [-0.25, -0.2) is 8.42 Å². The smallest absolute Gasteiger partial charge is 0.257 e. The lowest BCUT2D eigenvalue weighted by atomic mass is 10.1. The quantitative estimate of drug-likeness (QED) is 0.754. The van der Waals surface area contributed by atoms with Gasteiger partial charge in [-0.05, 0) is 24.3 Å². The van der Waals surface area contributed by atoms with Crippen LogP contribution >= 0.6 is 0 Å². The molecule has 0 spiro atoms. The van der Waals surface area contributed by atoms with Gasteiger partial charge in [0.1, 0.15) is 0 Å². The second kappa shape index (κ2) is 7.06. The van der Waals surface area contributed by atoms with Crippen LogP contribution in [0.1, 0.15) is 10.4 Å². The molecule has 2 aromatic carbocycles. The Morgan fingerprint density at radius 2 is 1.64 bits per heavy atom. The van der Waals surface area contributed by atoms with Crippen LogP contribution in [-0.4, -0.2) is 31.8 Å². The fourth-order valence-corrected chi connectivity index (χ4v) is 2.68. The Morgan fingerprint density at radius 3 is 2.32 bits per heavy atom. The molecule has 0 saturated carbocycles. The van der Waals surface area contributed by atoms with Crippen molar-refractivity contribution in [2.24, 2.45) is 0 Å². The lowest BCUT2D eigenvalue weighted by molar-refractivity contribution is 0.102. The molecule has 0 heterocycles. The molecule has 0 aliphatic carbocycles. The molecule has 0 aliphatic heterocycles. The summed E-state index contributed by atoms with van der Waals surface area (Å²) in [4.78, 5) is 12.3. The largest absolute Gasteiger partial charge is 0.395 e. The summed E-state index contributed by atoms with van der Waals surface area (Å²) in [5.41, 5.74) is 0.984. The van der Waals surface area contributed by atoms with Crippen LogP contribution in [0.5, 0.6) is 0 Å². The highest BCUT2D eigenvalue weighted by Gasteiger charge is 2.16. The van der Waals surface area contributed by atoms with E-state index in [1.807, 2.05) is 6.07 Å². The molecule has 1 amide bonds. The van der Waals surface area contributed by atoms with Crippen LogP contribution in [-0.2, 0) is 10.0 Å².